The highest BCUT2D eigenvalue weighted by atomic mass is 19.1. The second-order valence-corrected chi connectivity index (χ2v) is 4.10. The van der Waals surface area contributed by atoms with Crippen LogP contribution in [0.25, 0.3) is 0 Å². The summed E-state index contributed by atoms with van der Waals surface area (Å²) < 4.78 is 18.3. The van der Waals surface area contributed by atoms with Crippen molar-refractivity contribution in [1.29, 1.82) is 0 Å². The molecule has 1 amide bonds. The van der Waals surface area contributed by atoms with Gasteiger partial charge in [-0.15, -0.1) is 0 Å². The van der Waals surface area contributed by atoms with E-state index in [1.807, 2.05) is 0 Å². The third-order valence-electron chi connectivity index (χ3n) is 2.75. The van der Waals surface area contributed by atoms with Gasteiger partial charge in [0.2, 0.25) is 0 Å². The minimum atomic E-state index is -0.665. The van der Waals surface area contributed by atoms with E-state index in [9.17, 15) is 14.0 Å². The molecular weight excluding hydrogens is 275 g/mol. The van der Waals surface area contributed by atoms with Crippen LogP contribution in [-0.2, 0) is 9.53 Å². The Kier molecular flexibility index (Phi) is 6.37. The monoisotopic (exact) mass is 292 g/mol. The third-order valence-corrected chi connectivity index (χ3v) is 2.75. The average Bonchev–Trinajstić information content (AvgIpc) is 2.50. The SMILES string of the molecule is CCN(CC(=O)OC)C(=O)c1cc(C#CCN)ccc1F. The largest absolute Gasteiger partial charge is 0.468 e. The molecule has 0 aliphatic rings. The van der Waals surface area contributed by atoms with Gasteiger partial charge >= 0.3 is 5.97 Å². The van der Waals surface area contributed by atoms with Gasteiger partial charge in [0, 0.05) is 12.1 Å². The number of nitrogens with zero attached hydrogens (tertiary/aromatic N) is 1. The number of carbonyl (C=O) groups excluding carboxylic acids is 2. The summed E-state index contributed by atoms with van der Waals surface area (Å²) in [4.78, 5) is 24.7. The van der Waals surface area contributed by atoms with Crippen molar-refractivity contribution in [2.45, 2.75) is 6.92 Å². The zero-order valence-corrected chi connectivity index (χ0v) is 12.0. The highest BCUT2D eigenvalue weighted by Gasteiger charge is 2.20. The smallest absolute Gasteiger partial charge is 0.325 e. The standard InChI is InChI=1S/C15H17FN2O3/c1-3-18(10-14(19)21-2)15(20)12-9-11(5-4-8-17)6-7-13(12)16/h6-7,9H,3,8,10,17H2,1-2H3. The molecule has 1 rings (SSSR count). The van der Waals surface area contributed by atoms with Crippen LogP contribution in [0.5, 0.6) is 0 Å². The van der Waals surface area contributed by atoms with Crippen LogP contribution in [0.1, 0.15) is 22.8 Å². The maximum Gasteiger partial charge on any atom is 0.325 e. The molecule has 0 atom stereocenters. The highest BCUT2D eigenvalue weighted by molar-refractivity contribution is 5.96. The average molecular weight is 292 g/mol. The predicted octanol–water partition coefficient (Wildman–Crippen LogP) is 0.771. The van der Waals surface area contributed by atoms with Crippen molar-refractivity contribution in [2.75, 3.05) is 26.7 Å². The molecule has 2 N–H and O–H groups in total. The van der Waals surface area contributed by atoms with Crippen molar-refractivity contribution < 1.29 is 18.7 Å². The van der Waals surface area contributed by atoms with Crippen molar-refractivity contribution in [3.8, 4) is 11.8 Å². The quantitative estimate of drug-likeness (QED) is 0.657. The van der Waals surface area contributed by atoms with Crippen molar-refractivity contribution in [3.63, 3.8) is 0 Å². The lowest BCUT2D eigenvalue weighted by atomic mass is 10.1. The van der Waals surface area contributed by atoms with Gasteiger partial charge in [0.05, 0.1) is 19.2 Å². The van der Waals surface area contributed by atoms with Gasteiger partial charge in [-0.3, -0.25) is 9.59 Å². The molecule has 0 saturated carbocycles. The van der Waals surface area contributed by atoms with E-state index in [4.69, 9.17) is 5.73 Å². The topological polar surface area (TPSA) is 72.6 Å². The number of halogens is 1. The van der Waals surface area contributed by atoms with Crippen LogP contribution in [-0.4, -0.2) is 43.5 Å². The Bertz CT molecular complexity index is 590. The molecule has 5 nitrogen and oxygen atoms in total. The molecular formula is C15H17FN2O3. The van der Waals surface area contributed by atoms with Crippen LogP contribution in [0, 0.1) is 17.7 Å². The zero-order valence-electron chi connectivity index (χ0n) is 12.0. The van der Waals surface area contributed by atoms with Crippen LogP contribution in [0.3, 0.4) is 0 Å². The van der Waals surface area contributed by atoms with E-state index >= 15 is 0 Å². The van der Waals surface area contributed by atoms with Crippen LogP contribution in [0.4, 0.5) is 4.39 Å². The van der Waals surface area contributed by atoms with Crippen LogP contribution >= 0.6 is 0 Å². The lowest BCUT2D eigenvalue weighted by molar-refractivity contribution is -0.141. The van der Waals surface area contributed by atoms with Gasteiger partial charge in [-0.25, -0.2) is 4.39 Å². The van der Waals surface area contributed by atoms with E-state index in [-0.39, 0.29) is 25.2 Å². The van der Waals surface area contributed by atoms with Gasteiger partial charge in [0.1, 0.15) is 12.4 Å². The number of carbonyl (C=O) groups is 2. The molecule has 6 heteroatoms. The van der Waals surface area contributed by atoms with E-state index in [0.29, 0.717) is 5.56 Å². The first-order valence-corrected chi connectivity index (χ1v) is 6.38. The lowest BCUT2D eigenvalue weighted by Crippen LogP contribution is -2.36. The number of amides is 1. The van der Waals surface area contributed by atoms with Crippen LogP contribution in [0.15, 0.2) is 18.2 Å². The summed E-state index contributed by atoms with van der Waals surface area (Å²) in [6.45, 7) is 1.89. The number of rotatable bonds is 4. The van der Waals surface area contributed by atoms with E-state index in [1.165, 1.54) is 30.2 Å². The van der Waals surface area contributed by atoms with E-state index in [0.717, 1.165) is 0 Å². The molecule has 0 bridgehead atoms. The van der Waals surface area contributed by atoms with Crippen molar-refractivity contribution >= 4 is 11.9 Å². The molecule has 0 spiro atoms. The normalized spacial score (nSPS) is 9.52. The van der Waals surface area contributed by atoms with Gasteiger partial charge in [0.15, 0.2) is 0 Å². The Labute approximate surface area is 122 Å². The first-order chi connectivity index (χ1) is 10.0. The minimum Gasteiger partial charge on any atom is -0.468 e. The zero-order chi connectivity index (χ0) is 15.8. The number of likely N-dealkylation sites (N-methyl/N-ethyl adjacent to an activating group) is 1. The fourth-order valence-electron chi connectivity index (χ4n) is 1.64. The van der Waals surface area contributed by atoms with Crippen molar-refractivity contribution in [3.05, 3.63) is 35.1 Å². The molecule has 0 fully saturated rings. The summed E-state index contributed by atoms with van der Waals surface area (Å²) in [7, 11) is 1.23. The number of hydrogen-bond acceptors (Lipinski definition) is 4. The van der Waals surface area contributed by atoms with E-state index in [2.05, 4.69) is 16.6 Å². The van der Waals surface area contributed by atoms with E-state index < -0.39 is 17.7 Å². The Morgan fingerprint density at radius 2 is 2.14 bits per heavy atom. The van der Waals surface area contributed by atoms with Gasteiger partial charge < -0.3 is 15.4 Å². The molecule has 1 aromatic rings. The summed E-state index contributed by atoms with van der Waals surface area (Å²) in [5.41, 5.74) is 5.62. The fraction of sp³-hybridized carbons (Fsp3) is 0.333. The van der Waals surface area contributed by atoms with E-state index in [1.54, 1.807) is 6.92 Å². The molecule has 0 aromatic heterocycles. The second-order valence-electron chi connectivity index (χ2n) is 4.10. The third kappa shape index (κ3) is 4.58. The first kappa shape index (κ1) is 16.7. The summed E-state index contributed by atoms with van der Waals surface area (Å²) in [6, 6.07) is 3.98. The molecule has 112 valence electrons. The predicted molar refractivity (Wildman–Crippen MR) is 75.9 cm³/mol. The number of nitrogens with two attached hydrogens (primary N) is 1. The fourth-order valence-corrected chi connectivity index (χ4v) is 1.64. The van der Waals surface area contributed by atoms with Gasteiger partial charge in [-0.05, 0) is 25.1 Å². The van der Waals surface area contributed by atoms with Crippen LogP contribution in [0.2, 0.25) is 0 Å². The Morgan fingerprint density at radius 3 is 2.71 bits per heavy atom. The number of methoxy groups -OCH3 is 1. The highest BCUT2D eigenvalue weighted by Crippen LogP contribution is 2.13. The molecule has 0 radical (unpaired) electrons. The van der Waals surface area contributed by atoms with Gasteiger partial charge in [-0.2, -0.15) is 0 Å². The van der Waals surface area contributed by atoms with Gasteiger partial charge in [0.25, 0.3) is 5.91 Å². The minimum absolute atomic E-state index is 0.135. The summed E-state index contributed by atoms with van der Waals surface area (Å²) in [5.74, 6) is 3.55. The molecule has 1 aromatic carbocycles. The Hall–Kier alpha value is -2.39. The first-order valence-electron chi connectivity index (χ1n) is 6.38. The number of esters is 1. The number of benzene rings is 1. The summed E-state index contributed by atoms with van der Waals surface area (Å²) >= 11 is 0. The van der Waals surface area contributed by atoms with Gasteiger partial charge in [-0.1, -0.05) is 11.8 Å². The summed E-state index contributed by atoms with van der Waals surface area (Å²) in [5, 5.41) is 0. The number of ether oxygens (including phenoxy) is 1. The number of hydrogen-bond donors (Lipinski definition) is 1. The molecule has 21 heavy (non-hydrogen) atoms. The molecule has 0 aliphatic carbocycles. The second kappa shape index (κ2) is 8.02. The summed E-state index contributed by atoms with van der Waals surface area (Å²) in [6.07, 6.45) is 0. The Balaban J connectivity index is 3.06. The maximum atomic E-state index is 13.8. The lowest BCUT2D eigenvalue weighted by Gasteiger charge is -2.19. The molecule has 0 unspecified atom stereocenters. The van der Waals surface area contributed by atoms with Crippen LogP contribution < -0.4 is 5.73 Å². The Morgan fingerprint density at radius 1 is 1.43 bits per heavy atom. The molecule has 0 aliphatic heterocycles. The van der Waals surface area contributed by atoms with Crippen molar-refractivity contribution in [2.24, 2.45) is 5.73 Å². The maximum absolute atomic E-state index is 13.8. The molecule has 0 heterocycles. The molecule has 0 saturated heterocycles. The van der Waals surface area contributed by atoms with Crippen molar-refractivity contribution in [1.82, 2.24) is 4.90 Å².